The molecule has 1 unspecified atom stereocenters. The monoisotopic (exact) mass is 186 g/mol. The number of likely N-dealkylation sites (N-methyl/N-ethyl adjacent to an activating group) is 1. The van der Waals surface area contributed by atoms with Crippen molar-refractivity contribution < 1.29 is 9.90 Å². The van der Waals surface area contributed by atoms with Gasteiger partial charge in [-0.1, -0.05) is 0 Å². The summed E-state index contributed by atoms with van der Waals surface area (Å²) in [6.07, 6.45) is 2.60. The summed E-state index contributed by atoms with van der Waals surface area (Å²) in [5, 5.41) is 11.6. The van der Waals surface area contributed by atoms with E-state index in [0.717, 1.165) is 32.4 Å². The fourth-order valence-corrected chi connectivity index (χ4v) is 1.64. The summed E-state index contributed by atoms with van der Waals surface area (Å²) in [5.41, 5.74) is 0. The molecule has 1 rings (SSSR count). The molecule has 0 aromatic rings. The van der Waals surface area contributed by atoms with Crippen molar-refractivity contribution in [3.63, 3.8) is 0 Å². The number of hydrogen-bond donors (Lipinski definition) is 2. The number of aliphatic hydroxyl groups excluding tert-OH is 1. The normalized spacial score (nSPS) is 22.8. The average molecular weight is 186 g/mol. The standard InChI is InChI=1S/C9H18N2O2/c1-10-8-4-6-11(9(8)13)5-2-3-7-12/h8,10,12H,2-7H2,1H3. The predicted octanol–water partition coefficient (Wildman–Crippen LogP) is -0.421. The second-order valence-corrected chi connectivity index (χ2v) is 3.39. The Labute approximate surface area is 78.9 Å². The number of unbranched alkanes of at least 4 members (excludes halogenated alkanes) is 1. The second-order valence-electron chi connectivity index (χ2n) is 3.39. The highest BCUT2D eigenvalue weighted by atomic mass is 16.3. The summed E-state index contributed by atoms with van der Waals surface area (Å²) in [4.78, 5) is 13.4. The molecule has 0 bridgehead atoms. The second kappa shape index (κ2) is 5.19. The molecule has 1 aliphatic rings. The van der Waals surface area contributed by atoms with Crippen molar-refractivity contribution in [2.45, 2.75) is 25.3 Å². The van der Waals surface area contributed by atoms with Gasteiger partial charge < -0.3 is 15.3 Å². The molecule has 0 aromatic heterocycles. The van der Waals surface area contributed by atoms with E-state index >= 15 is 0 Å². The maximum absolute atomic E-state index is 11.5. The van der Waals surface area contributed by atoms with Crippen LogP contribution in [0, 0.1) is 0 Å². The van der Waals surface area contributed by atoms with Gasteiger partial charge in [-0.15, -0.1) is 0 Å². The van der Waals surface area contributed by atoms with Crippen LogP contribution in [-0.2, 0) is 4.79 Å². The predicted molar refractivity (Wildman–Crippen MR) is 50.4 cm³/mol. The Bertz CT molecular complexity index is 173. The van der Waals surface area contributed by atoms with Gasteiger partial charge in [0.2, 0.25) is 5.91 Å². The molecule has 1 fully saturated rings. The third-order valence-electron chi connectivity index (χ3n) is 2.48. The Morgan fingerprint density at radius 2 is 2.38 bits per heavy atom. The summed E-state index contributed by atoms with van der Waals surface area (Å²) in [6.45, 7) is 1.87. The lowest BCUT2D eigenvalue weighted by Gasteiger charge is -2.15. The average Bonchev–Trinajstić information content (AvgIpc) is 2.48. The summed E-state index contributed by atoms with van der Waals surface area (Å²) in [7, 11) is 1.82. The number of amides is 1. The Morgan fingerprint density at radius 3 is 2.92 bits per heavy atom. The van der Waals surface area contributed by atoms with E-state index in [1.165, 1.54) is 0 Å². The summed E-state index contributed by atoms with van der Waals surface area (Å²) in [5.74, 6) is 0.209. The van der Waals surface area contributed by atoms with E-state index in [-0.39, 0.29) is 18.6 Å². The molecule has 2 N–H and O–H groups in total. The van der Waals surface area contributed by atoms with E-state index < -0.39 is 0 Å². The van der Waals surface area contributed by atoms with Crippen LogP contribution in [0.15, 0.2) is 0 Å². The lowest BCUT2D eigenvalue weighted by Crippen LogP contribution is -2.36. The molecular formula is C9H18N2O2. The maximum Gasteiger partial charge on any atom is 0.239 e. The minimum absolute atomic E-state index is 0.0223. The van der Waals surface area contributed by atoms with Gasteiger partial charge in [-0.2, -0.15) is 0 Å². The van der Waals surface area contributed by atoms with Crippen molar-refractivity contribution in [1.29, 1.82) is 0 Å². The fourth-order valence-electron chi connectivity index (χ4n) is 1.64. The van der Waals surface area contributed by atoms with Crippen LogP contribution in [0.2, 0.25) is 0 Å². The molecule has 1 aliphatic heterocycles. The van der Waals surface area contributed by atoms with Gasteiger partial charge in [-0.25, -0.2) is 0 Å². The molecule has 13 heavy (non-hydrogen) atoms. The topological polar surface area (TPSA) is 52.6 Å². The Hall–Kier alpha value is -0.610. The fraction of sp³-hybridized carbons (Fsp3) is 0.889. The minimum Gasteiger partial charge on any atom is -0.396 e. The van der Waals surface area contributed by atoms with E-state index in [2.05, 4.69) is 5.32 Å². The highest BCUT2D eigenvalue weighted by Gasteiger charge is 2.29. The number of carbonyl (C=O) groups is 1. The van der Waals surface area contributed by atoms with Crippen LogP contribution in [0.3, 0.4) is 0 Å². The number of rotatable bonds is 5. The first-order chi connectivity index (χ1) is 6.29. The lowest BCUT2D eigenvalue weighted by molar-refractivity contribution is -0.129. The third-order valence-corrected chi connectivity index (χ3v) is 2.48. The number of nitrogens with one attached hydrogen (secondary N) is 1. The third kappa shape index (κ3) is 2.67. The zero-order chi connectivity index (χ0) is 9.68. The van der Waals surface area contributed by atoms with Crippen LogP contribution in [0.4, 0.5) is 0 Å². The van der Waals surface area contributed by atoms with E-state index in [1.54, 1.807) is 0 Å². The molecule has 1 saturated heterocycles. The van der Waals surface area contributed by atoms with Crippen molar-refractivity contribution in [3.05, 3.63) is 0 Å². The van der Waals surface area contributed by atoms with Gasteiger partial charge in [0, 0.05) is 19.7 Å². The minimum atomic E-state index is 0.0223. The first kappa shape index (κ1) is 10.5. The highest BCUT2D eigenvalue weighted by molar-refractivity contribution is 5.83. The number of carbonyl (C=O) groups excluding carboxylic acids is 1. The van der Waals surface area contributed by atoms with Crippen LogP contribution >= 0.6 is 0 Å². The van der Waals surface area contributed by atoms with Gasteiger partial charge in [0.25, 0.3) is 0 Å². The van der Waals surface area contributed by atoms with E-state index in [0.29, 0.717) is 0 Å². The smallest absolute Gasteiger partial charge is 0.239 e. The van der Waals surface area contributed by atoms with Gasteiger partial charge >= 0.3 is 0 Å². The number of hydrogen-bond acceptors (Lipinski definition) is 3. The molecule has 0 saturated carbocycles. The summed E-state index contributed by atoms with van der Waals surface area (Å²) in [6, 6.07) is 0.0223. The van der Waals surface area contributed by atoms with Crippen molar-refractivity contribution in [2.75, 3.05) is 26.7 Å². The molecule has 0 spiro atoms. The largest absolute Gasteiger partial charge is 0.396 e. The first-order valence-electron chi connectivity index (χ1n) is 4.86. The van der Waals surface area contributed by atoms with Crippen LogP contribution < -0.4 is 5.32 Å². The molecule has 1 heterocycles. The van der Waals surface area contributed by atoms with Gasteiger partial charge in [0.1, 0.15) is 0 Å². The quantitative estimate of drug-likeness (QED) is 0.573. The van der Waals surface area contributed by atoms with Crippen LogP contribution in [0.25, 0.3) is 0 Å². The number of aliphatic hydroxyl groups is 1. The Balaban J connectivity index is 2.24. The maximum atomic E-state index is 11.5. The SMILES string of the molecule is CNC1CCN(CCCCO)C1=O. The van der Waals surface area contributed by atoms with Crippen LogP contribution in [0.1, 0.15) is 19.3 Å². The molecule has 1 amide bonds. The van der Waals surface area contributed by atoms with Crippen LogP contribution in [0.5, 0.6) is 0 Å². The summed E-state index contributed by atoms with van der Waals surface area (Å²) >= 11 is 0. The molecule has 4 heteroatoms. The van der Waals surface area contributed by atoms with Gasteiger partial charge in [0.15, 0.2) is 0 Å². The summed E-state index contributed by atoms with van der Waals surface area (Å²) < 4.78 is 0. The number of nitrogens with zero attached hydrogens (tertiary/aromatic N) is 1. The molecule has 4 nitrogen and oxygen atoms in total. The zero-order valence-corrected chi connectivity index (χ0v) is 8.12. The van der Waals surface area contributed by atoms with Crippen molar-refractivity contribution >= 4 is 5.91 Å². The highest BCUT2D eigenvalue weighted by Crippen LogP contribution is 2.11. The number of likely N-dealkylation sites (tertiary alicyclic amines) is 1. The van der Waals surface area contributed by atoms with E-state index in [1.807, 2.05) is 11.9 Å². The van der Waals surface area contributed by atoms with E-state index in [4.69, 9.17) is 5.11 Å². The van der Waals surface area contributed by atoms with Crippen molar-refractivity contribution in [3.8, 4) is 0 Å². The zero-order valence-electron chi connectivity index (χ0n) is 8.12. The Morgan fingerprint density at radius 1 is 1.62 bits per heavy atom. The molecule has 0 aliphatic carbocycles. The Kier molecular flexibility index (Phi) is 4.18. The van der Waals surface area contributed by atoms with Crippen LogP contribution in [-0.4, -0.2) is 48.7 Å². The molecular weight excluding hydrogens is 168 g/mol. The van der Waals surface area contributed by atoms with Crippen molar-refractivity contribution in [1.82, 2.24) is 10.2 Å². The van der Waals surface area contributed by atoms with Gasteiger partial charge in [0.05, 0.1) is 6.04 Å². The van der Waals surface area contributed by atoms with E-state index in [9.17, 15) is 4.79 Å². The van der Waals surface area contributed by atoms with Crippen molar-refractivity contribution in [2.24, 2.45) is 0 Å². The molecule has 76 valence electrons. The van der Waals surface area contributed by atoms with Gasteiger partial charge in [-0.05, 0) is 26.3 Å². The first-order valence-corrected chi connectivity index (χ1v) is 4.86. The van der Waals surface area contributed by atoms with Gasteiger partial charge in [-0.3, -0.25) is 4.79 Å². The lowest BCUT2D eigenvalue weighted by atomic mass is 10.2. The molecule has 1 atom stereocenters. The molecule has 0 radical (unpaired) electrons. The molecule has 0 aromatic carbocycles.